The molecule has 0 bridgehead atoms. The van der Waals surface area contributed by atoms with E-state index >= 15 is 0 Å². The van der Waals surface area contributed by atoms with Crippen molar-refractivity contribution in [3.05, 3.63) is 47.5 Å². The Labute approximate surface area is 119 Å². The Morgan fingerprint density at radius 2 is 1.90 bits per heavy atom. The van der Waals surface area contributed by atoms with Gasteiger partial charge >= 0.3 is 0 Å². The molecule has 1 aliphatic rings. The molecule has 20 heavy (non-hydrogen) atoms. The van der Waals surface area contributed by atoms with E-state index in [-0.39, 0.29) is 0 Å². The molecule has 0 unspecified atom stereocenters. The van der Waals surface area contributed by atoms with Gasteiger partial charge < -0.3 is 15.8 Å². The van der Waals surface area contributed by atoms with E-state index in [0.717, 1.165) is 17.9 Å². The summed E-state index contributed by atoms with van der Waals surface area (Å²) in [7, 11) is 1.65. The van der Waals surface area contributed by atoms with E-state index in [2.05, 4.69) is 23.5 Å². The minimum atomic E-state index is 0.706. The van der Waals surface area contributed by atoms with Crippen LogP contribution in [-0.4, -0.2) is 7.11 Å². The highest BCUT2D eigenvalue weighted by molar-refractivity contribution is 5.75. The zero-order chi connectivity index (χ0) is 13.9. The molecule has 3 rings (SSSR count). The van der Waals surface area contributed by atoms with Gasteiger partial charge in [-0.3, -0.25) is 0 Å². The van der Waals surface area contributed by atoms with E-state index < -0.39 is 0 Å². The number of nitrogen functional groups attached to an aromatic ring is 1. The average Bonchev–Trinajstić information content (AvgIpc) is 2.49. The van der Waals surface area contributed by atoms with Gasteiger partial charge in [-0.05, 0) is 55.0 Å². The van der Waals surface area contributed by atoms with E-state index in [0.29, 0.717) is 5.69 Å². The Bertz CT molecular complexity index is 622. The Kier molecular flexibility index (Phi) is 3.50. The van der Waals surface area contributed by atoms with Crippen LogP contribution in [0.1, 0.15) is 24.0 Å². The number of nitrogens with one attached hydrogen (secondary N) is 1. The zero-order valence-electron chi connectivity index (χ0n) is 11.8. The van der Waals surface area contributed by atoms with Crippen molar-refractivity contribution in [1.29, 1.82) is 0 Å². The molecule has 0 aliphatic heterocycles. The number of anilines is 3. The van der Waals surface area contributed by atoms with E-state index in [1.807, 2.05) is 18.2 Å². The van der Waals surface area contributed by atoms with Crippen LogP contribution in [0.4, 0.5) is 17.1 Å². The summed E-state index contributed by atoms with van der Waals surface area (Å²) < 4.78 is 5.18. The molecule has 3 heteroatoms. The summed E-state index contributed by atoms with van der Waals surface area (Å²) in [6, 6.07) is 12.2. The van der Waals surface area contributed by atoms with Crippen LogP contribution in [-0.2, 0) is 12.8 Å². The van der Waals surface area contributed by atoms with Crippen molar-refractivity contribution in [3.8, 4) is 5.75 Å². The third kappa shape index (κ3) is 2.44. The number of nitrogens with two attached hydrogens (primary N) is 1. The highest BCUT2D eigenvalue weighted by Gasteiger charge is 2.13. The zero-order valence-corrected chi connectivity index (χ0v) is 11.8. The lowest BCUT2D eigenvalue weighted by atomic mass is 9.90. The second-order valence-electron chi connectivity index (χ2n) is 5.23. The van der Waals surface area contributed by atoms with Gasteiger partial charge in [-0.2, -0.15) is 0 Å². The van der Waals surface area contributed by atoms with E-state index in [1.54, 1.807) is 7.11 Å². The van der Waals surface area contributed by atoms with Gasteiger partial charge in [-0.1, -0.05) is 12.1 Å². The maximum absolute atomic E-state index is 6.08. The molecule has 0 fully saturated rings. The van der Waals surface area contributed by atoms with Gasteiger partial charge in [-0.15, -0.1) is 0 Å². The number of hydrogen-bond acceptors (Lipinski definition) is 3. The lowest BCUT2D eigenvalue weighted by Crippen LogP contribution is -2.06. The maximum atomic E-state index is 6.08. The van der Waals surface area contributed by atoms with Crippen LogP contribution in [0.25, 0.3) is 0 Å². The SMILES string of the molecule is COc1ccc(Nc2cccc3c2CCCC3)c(N)c1. The van der Waals surface area contributed by atoms with Crippen molar-refractivity contribution >= 4 is 17.1 Å². The van der Waals surface area contributed by atoms with Crippen LogP contribution in [0.2, 0.25) is 0 Å². The fraction of sp³-hybridized carbons (Fsp3) is 0.294. The lowest BCUT2D eigenvalue weighted by Gasteiger charge is -2.20. The molecule has 2 aromatic carbocycles. The molecule has 3 N–H and O–H groups in total. The number of fused-ring (bicyclic) bond motifs is 1. The monoisotopic (exact) mass is 268 g/mol. The van der Waals surface area contributed by atoms with Crippen molar-refractivity contribution < 1.29 is 4.74 Å². The first-order valence-electron chi connectivity index (χ1n) is 7.09. The minimum Gasteiger partial charge on any atom is -0.497 e. The summed E-state index contributed by atoms with van der Waals surface area (Å²) in [4.78, 5) is 0. The molecule has 104 valence electrons. The van der Waals surface area contributed by atoms with E-state index in [9.17, 15) is 0 Å². The van der Waals surface area contributed by atoms with Crippen molar-refractivity contribution in [3.63, 3.8) is 0 Å². The largest absolute Gasteiger partial charge is 0.497 e. The molecule has 0 heterocycles. The summed E-state index contributed by atoms with van der Waals surface area (Å²) in [5.74, 6) is 0.781. The topological polar surface area (TPSA) is 47.3 Å². The first-order valence-corrected chi connectivity index (χ1v) is 7.09. The van der Waals surface area contributed by atoms with Crippen LogP contribution in [0, 0.1) is 0 Å². The molecule has 0 atom stereocenters. The van der Waals surface area contributed by atoms with Crippen LogP contribution in [0.3, 0.4) is 0 Å². The van der Waals surface area contributed by atoms with Gasteiger partial charge in [0.2, 0.25) is 0 Å². The Hall–Kier alpha value is -2.16. The molecule has 1 aliphatic carbocycles. The average molecular weight is 268 g/mol. The van der Waals surface area contributed by atoms with Crippen molar-refractivity contribution in [1.82, 2.24) is 0 Å². The van der Waals surface area contributed by atoms with E-state index in [4.69, 9.17) is 10.5 Å². The van der Waals surface area contributed by atoms with Gasteiger partial charge in [-0.25, -0.2) is 0 Å². The number of ether oxygens (including phenoxy) is 1. The summed E-state index contributed by atoms with van der Waals surface area (Å²) in [6.45, 7) is 0. The fourth-order valence-corrected chi connectivity index (χ4v) is 2.83. The minimum absolute atomic E-state index is 0.706. The molecule has 3 nitrogen and oxygen atoms in total. The van der Waals surface area contributed by atoms with Gasteiger partial charge in [0.05, 0.1) is 18.5 Å². The molecule has 2 aromatic rings. The lowest BCUT2D eigenvalue weighted by molar-refractivity contribution is 0.415. The van der Waals surface area contributed by atoms with Crippen molar-refractivity contribution in [2.24, 2.45) is 0 Å². The second-order valence-corrected chi connectivity index (χ2v) is 5.23. The summed E-state index contributed by atoms with van der Waals surface area (Å²) in [5.41, 5.74) is 11.8. The first kappa shape index (κ1) is 12.9. The quantitative estimate of drug-likeness (QED) is 0.830. The van der Waals surface area contributed by atoms with Crippen LogP contribution in [0.15, 0.2) is 36.4 Å². The Morgan fingerprint density at radius 1 is 1.05 bits per heavy atom. The number of rotatable bonds is 3. The Balaban J connectivity index is 1.92. The highest BCUT2D eigenvalue weighted by atomic mass is 16.5. The predicted octanol–water partition coefficient (Wildman–Crippen LogP) is 3.90. The molecular formula is C17H20N2O. The van der Waals surface area contributed by atoms with Gasteiger partial charge in [0, 0.05) is 11.8 Å². The third-order valence-corrected chi connectivity index (χ3v) is 3.92. The third-order valence-electron chi connectivity index (χ3n) is 3.92. The number of hydrogen-bond donors (Lipinski definition) is 2. The van der Waals surface area contributed by atoms with Gasteiger partial charge in [0.15, 0.2) is 0 Å². The molecular weight excluding hydrogens is 248 g/mol. The van der Waals surface area contributed by atoms with Crippen LogP contribution < -0.4 is 15.8 Å². The molecule has 0 saturated heterocycles. The maximum Gasteiger partial charge on any atom is 0.121 e. The first-order chi connectivity index (χ1) is 9.78. The fourth-order valence-electron chi connectivity index (χ4n) is 2.83. The standard InChI is InChI=1S/C17H20N2O/c1-20-13-9-10-17(15(18)11-13)19-16-8-4-6-12-5-2-3-7-14(12)16/h4,6,8-11,19H,2-3,5,7,18H2,1H3. The number of methoxy groups -OCH3 is 1. The molecule has 0 spiro atoms. The molecule has 0 saturated carbocycles. The summed E-state index contributed by atoms with van der Waals surface area (Å²) in [6.07, 6.45) is 4.89. The highest BCUT2D eigenvalue weighted by Crippen LogP contribution is 2.32. The van der Waals surface area contributed by atoms with Crippen LogP contribution >= 0.6 is 0 Å². The summed E-state index contributed by atoms with van der Waals surface area (Å²) >= 11 is 0. The van der Waals surface area contributed by atoms with E-state index in [1.165, 1.54) is 36.1 Å². The summed E-state index contributed by atoms with van der Waals surface area (Å²) in [5, 5.41) is 3.47. The number of benzene rings is 2. The number of aryl methyl sites for hydroxylation is 1. The van der Waals surface area contributed by atoms with Crippen molar-refractivity contribution in [2.45, 2.75) is 25.7 Å². The molecule has 0 aromatic heterocycles. The van der Waals surface area contributed by atoms with Crippen LogP contribution in [0.5, 0.6) is 5.75 Å². The molecule has 0 amide bonds. The van der Waals surface area contributed by atoms with Gasteiger partial charge in [0.25, 0.3) is 0 Å². The molecule has 0 radical (unpaired) electrons. The van der Waals surface area contributed by atoms with Crippen molar-refractivity contribution in [2.75, 3.05) is 18.2 Å². The Morgan fingerprint density at radius 3 is 2.70 bits per heavy atom. The van der Waals surface area contributed by atoms with Gasteiger partial charge in [0.1, 0.15) is 5.75 Å². The predicted molar refractivity (Wildman–Crippen MR) is 83.8 cm³/mol. The second kappa shape index (κ2) is 5.45. The normalized spacial score (nSPS) is 13.7. The smallest absolute Gasteiger partial charge is 0.121 e.